The quantitative estimate of drug-likeness (QED) is 0.656. The van der Waals surface area contributed by atoms with Crippen LogP contribution < -0.4 is 17.0 Å². The molecule has 4 heteroatoms. The summed E-state index contributed by atoms with van der Waals surface area (Å²) in [4.78, 5) is 0. The van der Waals surface area contributed by atoms with Crippen molar-refractivity contribution in [2.75, 3.05) is 0 Å². The summed E-state index contributed by atoms with van der Waals surface area (Å²) in [7, 11) is 0. The SMILES string of the molecule is [Br-].[CH2]Cc1ccc(Cl)c(Cl)c1.[Zn]. The van der Waals surface area contributed by atoms with Crippen molar-refractivity contribution in [1.29, 1.82) is 0 Å². The Hall–Kier alpha value is 0.903. The van der Waals surface area contributed by atoms with E-state index in [-0.39, 0.29) is 36.5 Å². The van der Waals surface area contributed by atoms with Crippen molar-refractivity contribution < 1.29 is 36.5 Å². The molecule has 0 aliphatic rings. The van der Waals surface area contributed by atoms with Crippen molar-refractivity contribution in [2.24, 2.45) is 0 Å². The molecule has 0 fully saturated rings. The maximum Gasteiger partial charge on any atom is 0.0595 e. The van der Waals surface area contributed by atoms with Crippen molar-refractivity contribution in [2.45, 2.75) is 6.42 Å². The monoisotopic (exact) mass is 316 g/mol. The molecule has 1 radical (unpaired) electrons. The fraction of sp³-hybridized carbons (Fsp3) is 0.125. The van der Waals surface area contributed by atoms with Crippen molar-refractivity contribution in [3.05, 3.63) is 40.7 Å². The first kappa shape index (κ1) is 15.4. The van der Waals surface area contributed by atoms with E-state index in [0.717, 1.165) is 12.0 Å². The van der Waals surface area contributed by atoms with Gasteiger partial charge >= 0.3 is 0 Å². The molecule has 0 aliphatic heterocycles. The molecular formula is C8H7BrCl2Zn-. The number of benzene rings is 1. The van der Waals surface area contributed by atoms with Crippen LogP contribution in [0.1, 0.15) is 5.56 Å². The van der Waals surface area contributed by atoms with E-state index in [1.807, 2.05) is 12.1 Å². The molecule has 0 nitrogen and oxygen atoms in total. The minimum atomic E-state index is 0. The van der Waals surface area contributed by atoms with Gasteiger partial charge in [-0.05, 0) is 31.0 Å². The van der Waals surface area contributed by atoms with Gasteiger partial charge in [0.05, 0.1) is 10.0 Å². The molecule has 0 N–H and O–H groups in total. The molecule has 1 aromatic rings. The predicted octanol–water partition coefficient (Wildman–Crippen LogP) is 0.371. The summed E-state index contributed by atoms with van der Waals surface area (Å²) in [5, 5.41) is 1.20. The molecule has 0 amide bonds. The van der Waals surface area contributed by atoms with Gasteiger partial charge in [0.25, 0.3) is 0 Å². The zero-order valence-corrected chi connectivity index (χ0v) is 12.6. The summed E-state index contributed by atoms with van der Waals surface area (Å²) in [5.41, 5.74) is 1.11. The third-order valence-electron chi connectivity index (χ3n) is 1.27. The molecule has 63 valence electrons. The van der Waals surface area contributed by atoms with Gasteiger partial charge in [-0.1, -0.05) is 29.3 Å². The van der Waals surface area contributed by atoms with Crippen LogP contribution in [-0.4, -0.2) is 0 Å². The standard InChI is InChI=1S/C8H7Cl2.BrH.Zn/c1-2-6-3-4-7(9)8(10)5-6;;/h3-5H,1-2H2;1H;/p-1. The zero-order valence-electron chi connectivity index (χ0n) is 6.49. The maximum absolute atomic E-state index is 5.73. The van der Waals surface area contributed by atoms with Crippen LogP contribution in [0.15, 0.2) is 18.2 Å². The fourth-order valence-electron chi connectivity index (χ4n) is 0.695. The number of hydrogen-bond donors (Lipinski definition) is 0. The van der Waals surface area contributed by atoms with Crippen molar-refractivity contribution in [1.82, 2.24) is 0 Å². The molecule has 0 aromatic heterocycles. The maximum atomic E-state index is 5.73. The van der Waals surface area contributed by atoms with E-state index in [4.69, 9.17) is 23.2 Å². The number of rotatable bonds is 1. The van der Waals surface area contributed by atoms with Crippen LogP contribution in [0.3, 0.4) is 0 Å². The molecule has 1 rings (SSSR count). The van der Waals surface area contributed by atoms with E-state index in [0.29, 0.717) is 10.0 Å². The molecule has 12 heavy (non-hydrogen) atoms. The van der Waals surface area contributed by atoms with Gasteiger partial charge in [-0.25, -0.2) is 0 Å². The third-order valence-corrected chi connectivity index (χ3v) is 2.01. The van der Waals surface area contributed by atoms with Crippen LogP contribution in [0.4, 0.5) is 0 Å². The Bertz CT molecular complexity index is 240. The normalized spacial score (nSPS) is 8.25. The van der Waals surface area contributed by atoms with E-state index in [9.17, 15) is 0 Å². The molecular weight excluding hydrogens is 312 g/mol. The summed E-state index contributed by atoms with van der Waals surface area (Å²) in [6.45, 7) is 3.72. The van der Waals surface area contributed by atoms with E-state index in [2.05, 4.69) is 6.92 Å². The van der Waals surface area contributed by atoms with Crippen molar-refractivity contribution in [3.63, 3.8) is 0 Å². The second-order valence-electron chi connectivity index (χ2n) is 2.00. The van der Waals surface area contributed by atoms with Crippen LogP contribution in [0.5, 0.6) is 0 Å². The topological polar surface area (TPSA) is 0 Å². The molecule has 1 aromatic carbocycles. The third kappa shape index (κ3) is 4.23. The van der Waals surface area contributed by atoms with Gasteiger partial charge in [-0.2, -0.15) is 0 Å². The van der Waals surface area contributed by atoms with E-state index < -0.39 is 0 Å². The first-order chi connectivity index (χ1) is 4.74. The minimum Gasteiger partial charge on any atom is -1.00 e. The fourth-order valence-corrected chi connectivity index (χ4v) is 1.02. The van der Waals surface area contributed by atoms with Gasteiger partial charge in [0, 0.05) is 19.5 Å². The Labute approximate surface area is 106 Å². The molecule has 0 bridgehead atoms. The first-order valence-corrected chi connectivity index (χ1v) is 3.73. The zero-order chi connectivity index (χ0) is 7.56. The molecule has 0 atom stereocenters. The Balaban J connectivity index is 0. The van der Waals surface area contributed by atoms with E-state index >= 15 is 0 Å². The average molecular weight is 319 g/mol. The van der Waals surface area contributed by atoms with Crippen LogP contribution in [0.2, 0.25) is 10.0 Å². The Morgan fingerprint density at radius 1 is 1.17 bits per heavy atom. The number of hydrogen-bond acceptors (Lipinski definition) is 0. The van der Waals surface area contributed by atoms with Crippen molar-refractivity contribution >= 4 is 23.2 Å². The summed E-state index contributed by atoms with van der Waals surface area (Å²) in [5.74, 6) is 0. The summed E-state index contributed by atoms with van der Waals surface area (Å²) < 4.78 is 0. The molecule has 0 aliphatic carbocycles. The van der Waals surface area contributed by atoms with Crippen LogP contribution in [-0.2, 0) is 25.9 Å². The van der Waals surface area contributed by atoms with Crippen molar-refractivity contribution in [3.8, 4) is 0 Å². The smallest absolute Gasteiger partial charge is 0.0595 e. The Morgan fingerprint density at radius 3 is 2.17 bits per heavy atom. The van der Waals surface area contributed by atoms with E-state index in [1.54, 1.807) is 6.07 Å². The second-order valence-corrected chi connectivity index (χ2v) is 2.81. The van der Waals surface area contributed by atoms with Gasteiger partial charge in [0.15, 0.2) is 0 Å². The summed E-state index contributed by atoms with van der Waals surface area (Å²) >= 11 is 11.4. The van der Waals surface area contributed by atoms with E-state index in [1.165, 1.54) is 0 Å². The number of halogens is 3. The van der Waals surface area contributed by atoms with Gasteiger partial charge in [0.2, 0.25) is 0 Å². The summed E-state index contributed by atoms with van der Waals surface area (Å²) in [6, 6.07) is 5.53. The predicted molar refractivity (Wildman–Crippen MR) is 45.5 cm³/mol. The largest absolute Gasteiger partial charge is 1.00 e. The average Bonchev–Trinajstić information content (AvgIpc) is 1.95. The molecule has 0 saturated carbocycles. The Kier molecular flexibility index (Phi) is 9.38. The molecule has 0 saturated heterocycles. The molecule has 0 unspecified atom stereocenters. The van der Waals surface area contributed by atoms with Gasteiger partial charge in [0.1, 0.15) is 0 Å². The minimum absolute atomic E-state index is 0. The van der Waals surface area contributed by atoms with Gasteiger partial charge in [-0.3, -0.25) is 0 Å². The van der Waals surface area contributed by atoms with Crippen LogP contribution >= 0.6 is 23.2 Å². The summed E-state index contributed by atoms with van der Waals surface area (Å²) in [6.07, 6.45) is 0.747. The molecule has 0 heterocycles. The molecule has 0 spiro atoms. The van der Waals surface area contributed by atoms with Gasteiger partial charge < -0.3 is 17.0 Å². The Morgan fingerprint density at radius 2 is 1.75 bits per heavy atom. The van der Waals surface area contributed by atoms with Gasteiger partial charge in [-0.15, -0.1) is 0 Å². The second kappa shape index (κ2) is 7.32. The first-order valence-electron chi connectivity index (χ1n) is 2.97. The van der Waals surface area contributed by atoms with Crippen LogP contribution in [0, 0.1) is 6.92 Å². The van der Waals surface area contributed by atoms with Crippen LogP contribution in [0.25, 0.3) is 0 Å².